The van der Waals surface area contributed by atoms with E-state index in [2.05, 4.69) is 5.32 Å². The molecule has 0 bridgehead atoms. The van der Waals surface area contributed by atoms with Gasteiger partial charge in [0.1, 0.15) is 0 Å². The van der Waals surface area contributed by atoms with Crippen LogP contribution in [0.3, 0.4) is 0 Å². The molecule has 158 valence electrons. The zero-order valence-electron chi connectivity index (χ0n) is 16.6. The minimum Gasteiger partial charge on any atom is -0.438 e. The second-order valence-electron chi connectivity index (χ2n) is 7.06. The van der Waals surface area contributed by atoms with E-state index < -0.39 is 15.9 Å². The molecule has 1 aromatic carbocycles. The van der Waals surface area contributed by atoms with Crippen LogP contribution in [0.1, 0.15) is 35.4 Å². The molecule has 1 N–H and O–H groups in total. The van der Waals surface area contributed by atoms with Crippen LogP contribution in [0.5, 0.6) is 0 Å². The van der Waals surface area contributed by atoms with E-state index in [-0.39, 0.29) is 17.0 Å². The predicted molar refractivity (Wildman–Crippen MR) is 107 cm³/mol. The highest BCUT2D eigenvalue weighted by Crippen LogP contribution is 2.19. The third-order valence-electron chi connectivity index (χ3n) is 4.57. The lowest BCUT2D eigenvalue weighted by Gasteiger charge is -2.22. The number of rotatable bonds is 8. The van der Waals surface area contributed by atoms with E-state index in [1.54, 1.807) is 12.1 Å². The minimum atomic E-state index is -3.73. The number of amides is 1. The lowest BCUT2D eigenvalue weighted by molar-refractivity contribution is -0.0447. The molecule has 1 aromatic heterocycles. The highest BCUT2D eigenvalue weighted by molar-refractivity contribution is 7.88. The van der Waals surface area contributed by atoms with Crippen LogP contribution in [0, 0.1) is 0 Å². The number of sulfonamides is 1. The lowest BCUT2D eigenvalue weighted by atomic mass is 10.1. The molecule has 1 saturated heterocycles. The molecular formula is C20H26N2O6S. The fourth-order valence-corrected chi connectivity index (χ4v) is 3.73. The van der Waals surface area contributed by atoms with Gasteiger partial charge >= 0.3 is 0 Å². The van der Waals surface area contributed by atoms with Crippen LogP contribution < -0.4 is 5.32 Å². The summed E-state index contributed by atoms with van der Waals surface area (Å²) in [5.41, 5.74) is 1.48. The summed E-state index contributed by atoms with van der Waals surface area (Å²) in [6.45, 7) is 1.75. The Morgan fingerprint density at radius 3 is 2.79 bits per heavy atom. The first-order chi connectivity index (χ1) is 13.9. The number of carbonyl (C=O) groups is 1. The number of hydrogen-bond acceptors (Lipinski definition) is 6. The van der Waals surface area contributed by atoms with Crippen molar-refractivity contribution < 1.29 is 27.1 Å². The van der Waals surface area contributed by atoms with Gasteiger partial charge in [0, 0.05) is 26.4 Å². The van der Waals surface area contributed by atoms with Crippen LogP contribution in [-0.4, -0.2) is 52.0 Å². The summed E-state index contributed by atoms with van der Waals surface area (Å²) in [7, 11) is -0.940. The zero-order chi connectivity index (χ0) is 20.9. The van der Waals surface area contributed by atoms with Crippen LogP contribution in [0.2, 0.25) is 0 Å². The molecule has 3 rings (SSSR count). The molecule has 0 aliphatic carbocycles. The van der Waals surface area contributed by atoms with Crippen molar-refractivity contribution in [3.8, 4) is 0 Å². The van der Waals surface area contributed by atoms with Crippen molar-refractivity contribution >= 4 is 21.6 Å². The van der Waals surface area contributed by atoms with Gasteiger partial charge in [-0.3, -0.25) is 4.79 Å². The van der Waals surface area contributed by atoms with Gasteiger partial charge in [-0.05, 0) is 49.1 Å². The Bertz CT molecular complexity index is 932. The van der Waals surface area contributed by atoms with Gasteiger partial charge in [-0.25, -0.2) is 12.7 Å². The number of anilines is 1. The number of furan rings is 1. The molecule has 1 aliphatic rings. The summed E-state index contributed by atoms with van der Waals surface area (Å²) in [6, 6.07) is 9.87. The molecule has 0 spiro atoms. The van der Waals surface area contributed by atoms with Crippen molar-refractivity contribution in [2.75, 3.05) is 32.6 Å². The molecule has 1 amide bonds. The first-order valence-corrected chi connectivity index (χ1v) is 10.9. The van der Waals surface area contributed by atoms with Gasteiger partial charge in [-0.15, -0.1) is 0 Å². The lowest BCUT2D eigenvalue weighted by Crippen LogP contribution is -2.24. The smallest absolute Gasteiger partial charge is 0.291 e. The van der Waals surface area contributed by atoms with E-state index in [1.165, 1.54) is 32.6 Å². The molecule has 8 nitrogen and oxygen atoms in total. The van der Waals surface area contributed by atoms with Gasteiger partial charge in [-0.2, -0.15) is 0 Å². The molecule has 1 fully saturated rings. The van der Waals surface area contributed by atoms with Crippen molar-refractivity contribution in [1.29, 1.82) is 0 Å². The van der Waals surface area contributed by atoms with Gasteiger partial charge in [-0.1, -0.05) is 12.1 Å². The van der Waals surface area contributed by atoms with Crippen LogP contribution in [0.4, 0.5) is 5.69 Å². The van der Waals surface area contributed by atoms with E-state index in [0.717, 1.165) is 29.3 Å². The van der Waals surface area contributed by atoms with Crippen molar-refractivity contribution in [3.05, 3.63) is 47.7 Å². The molecule has 9 heteroatoms. The van der Waals surface area contributed by atoms with Crippen molar-refractivity contribution in [3.63, 3.8) is 0 Å². The Kier molecular flexibility index (Phi) is 7.07. The third kappa shape index (κ3) is 5.66. The Morgan fingerprint density at radius 2 is 2.07 bits per heavy atom. The van der Waals surface area contributed by atoms with Gasteiger partial charge in [0.05, 0.1) is 19.3 Å². The molecule has 0 radical (unpaired) electrons. The summed E-state index contributed by atoms with van der Waals surface area (Å²) < 4.78 is 41.8. The zero-order valence-corrected chi connectivity index (χ0v) is 17.4. The number of hydrogen-bond donors (Lipinski definition) is 1. The Balaban J connectivity index is 1.57. The average Bonchev–Trinajstić information content (AvgIpc) is 3.20. The van der Waals surface area contributed by atoms with E-state index in [0.29, 0.717) is 18.9 Å². The monoisotopic (exact) mass is 422 g/mol. The van der Waals surface area contributed by atoms with Crippen LogP contribution in [0.15, 0.2) is 45.9 Å². The number of nitrogens with one attached hydrogen (secondary N) is 1. The van der Waals surface area contributed by atoms with Gasteiger partial charge in [0.15, 0.2) is 5.76 Å². The SMILES string of the molecule is CN(C)S(=O)(=O)c1ccc(C(=O)Nc2cccc(COCC3CCCCO3)c2)o1. The summed E-state index contributed by atoms with van der Waals surface area (Å²) in [5, 5.41) is 2.43. The second kappa shape index (κ2) is 9.53. The van der Waals surface area contributed by atoms with Crippen LogP contribution >= 0.6 is 0 Å². The molecule has 2 heterocycles. The predicted octanol–water partition coefficient (Wildman–Crippen LogP) is 2.87. The van der Waals surface area contributed by atoms with E-state index in [4.69, 9.17) is 13.9 Å². The molecule has 29 heavy (non-hydrogen) atoms. The number of carbonyl (C=O) groups excluding carboxylic acids is 1. The number of ether oxygens (including phenoxy) is 2. The minimum absolute atomic E-state index is 0.0819. The Labute approximate surface area is 170 Å². The summed E-state index contributed by atoms with van der Waals surface area (Å²) >= 11 is 0. The fraction of sp³-hybridized carbons (Fsp3) is 0.450. The molecule has 2 aromatic rings. The third-order valence-corrected chi connectivity index (χ3v) is 6.26. The van der Waals surface area contributed by atoms with E-state index in [9.17, 15) is 13.2 Å². The average molecular weight is 423 g/mol. The van der Waals surface area contributed by atoms with Gasteiger partial charge in [0.2, 0.25) is 5.09 Å². The van der Waals surface area contributed by atoms with Gasteiger partial charge < -0.3 is 19.2 Å². The molecule has 1 aliphatic heterocycles. The first-order valence-electron chi connectivity index (χ1n) is 9.48. The normalized spacial score (nSPS) is 17.4. The van der Waals surface area contributed by atoms with Gasteiger partial charge in [0.25, 0.3) is 15.9 Å². The maximum atomic E-state index is 12.4. The maximum absolute atomic E-state index is 12.4. The summed E-state index contributed by atoms with van der Waals surface area (Å²) in [6.07, 6.45) is 3.44. The Hall–Kier alpha value is -2.20. The topological polar surface area (TPSA) is 98.1 Å². The summed E-state index contributed by atoms with van der Waals surface area (Å²) in [5.74, 6) is -0.611. The van der Waals surface area contributed by atoms with Crippen LogP contribution in [0.25, 0.3) is 0 Å². The standard InChI is InChI=1S/C20H26N2O6S/c1-22(2)29(24,25)19-10-9-18(28-19)20(23)21-16-7-5-6-15(12-16)13-26-14-17-8-3-4-11-27-17/h5-7,9-10,12,17H,3-4,8,11,13-14H2,1-2H3,(H,21,23). The summed E-state index contributed by atoms with van der Waals surface area (Å²) in [4.78, 5) is 12.4. The largest absolute Gasteiger partial charge is 0.438 e. The Morgan fingerprint density at radius 1 is 1.24 bits per heavy atom. The highest BCUT2D eigenvalue weighted by Gasteiger charge is 2.23. The van der Waals surface area contributed by atoms with E-state index >= 15 is 0 Å². The maximum Gasteiger partial charge on any atom is 0.291 e. The quantitative estimate of drug-likeness (QED) is 0.702. The molecular weight excluding hydrogens is 396 g/mol. The molecule has 1 unspecified atom stereocenters. The highest BCUT2D eigenvalue weighted by atomic mass is 32.2. The van der Waals surface area contributed by atoms with E-state index in [1.807, 2.05) is 12.1 Å². The van der Waals surface area contributed by atoms with Crippen molar-refractivity contribution in [1.82, 2.24) is 4.31 Å². The number of nitrogens with zero attached hydrogens (tertiary/aromatic N) is 1. The fourth-order valence-electron chi connectivity index (χ4n) is 2.94. The van der Waals surface area contributed by atoms with Crippen molar-refractivity contribution in [2.24, 2.45) is 0 Å². The first kappa shape index (κ1) is 21.5. The number of benzene rings is 1. The van der Waals surface area contributed by atoms with Crippen LogP contribution in [-0.2, 0) is 26.1 Å². The molecule has 1 atom stereocenters. The molecule has 0 saturated carbocycles. The van der Waals surface area contributed by atoms with Crippen molar-refractivity contribution in [2.45, 2.75) is 37.1 Å². The second-order valence-corrected chi connectivity index (χ2v) is 9.15.